The molecule has 1 heterocycles. The zero-order valence-electron chi connectivity index (χ0n) is 13.1. The molecule has 2 rings (SSSR count). The molecule has 0 bridgehead atoms. The molecule has 3 heteroatoms. The smallest absolute Gasteiger partial charge is 0.0675 e. The zero-order valence-corrected chi connectivity index (χ0v) is 13.1. The van der Waals surface area contributed by atoms with E-state index in [2.05, 4.69) is 62.0 Å². The van der Waals surface area contributed by atoms with E-state index in [1.807, 2.05) is 0 Å². The van der Waals surface area contributed by atoms with Gasteiger partial charge in [-0.3, -0.25) is 4.68 Å². The molecule has 0 saturated heterocycles. The van der Waals surface area contributed by atoms with Gasteiger partial charge in [0.05, 0.1) is 11.7 Å². The summed E-state index contributed by atoms with van der Waals surface area (Å²) in [6.45, 7) is 12.4. The van der Waals surface area contributed by atoms with Crippen molar-refractivity contribution in [2.24, 2.45) is 11.3 Å². The normalized spacial score (nSPS) is 28.6. The first-order valence-corrected chi connectivity index (χ1v) is 7.67. The van der Waals surface area contributed by atoms with Crippen LogP contribution in [0, 0.1) is 18.3 Å². The van der Waals surface area contributed by atoms with Crippen molar-refractivity contribution in [2.45, 2.75) is 66.0 Å². The summed E-state index contributed by atoms with van der Waals surface area (Å²) in [5, 5.41) is 8.31. The number of hydrogen-bond acceptors (Lipinski definition) is 2. The molecule has 1 N–H and O–H groups in total. The fourth-order valence-electron chi connectivity index (χ4n) is 3.34. The van der Waals surface area contributed by atoms with Crippen LogP contribution in [0.5, 0.6) is 0 Å². The van der Waals surface area contributed by atoms with Gasteiger partial charge in [0.2, 0.25) is 0 Å². The summed E-state index contributed by atoms with van der Waals surface area (Å²) in [6.07, 6.45) is 5.98. The van der Waals surface area contributed by atoms with E-state index in [1.165, 1.54) is 19.3 Å². The number of aromatic nitrogens is 2. The highest BCUT2D eigenvalue weighted by molar-refractivity contribution is 4.99. The van der Waals surface area contributed by atoms with Gasteiger partial charge in [-0.15, -0.1) is 0 Å². The Balaban J connectivity index is 2.17. The van der Waals surface area contributed by atoms with Crippen LogP contribution in [0.25, 0.3) is 0 Å². The molecule has 0 spiro atoms. The Morgan fingerprint density at radius 2 is 2.11 bits per heavy atom. The van der Waals surface area contributed by atoms with Gasteiger partial charge in [-0.2, -0.15) is 5.10 Å². The minimum absolute atomic E-state index is 0.400. The lowest BCUT2D eigenvalue weighted by atomic mass is 9.69. The molecule has 3 nitrogen and oxygen atoms in total. The van der Waals surface area contributed by atoms with Crippen molar-refractivity contribution in [2.75, 3.05) is 6.54 Å². The SMILES string of the molecule is CCNC1CCC(C(C)(C)C)CC1n1ccc(C)n1. The van der Waals surface area contributed by atoms with Crippen LogP contribution in [-0.4, -0.2) is 22.4 Å². The average Bonchev–Trinajstić information content (AvgIpc) is 2.75. The molecule has 1 aliphatic rings. The minimum atomic E-state index is 0.400. The number of likely N-dealkylation sites (N-methyl/N-ethyl adjacent to an activating group) is 1. The summed E-state index contributed by atoms with van der Waals surface area (Å²) in [6, 6.07) is 3.19. The fourth-order valence-corrected chi connectivity index (χ4v) is 3.34. The Bertz CT molecular complexity index is 402. The molecule has 108 valence electrons. The number of nitrogens with one attached hydrogen (secondary N) is 1. The molecular weight excluding hydrogens is 234 g/mol. The van der Waals surface area contributed by atoms with Crippen LogP contribution < -0.4 is 5.32 Å². The summed E-state index contributed by atoms with van der Waals surface area (Å²) < 4.78 is 2.19. The van der Waals surface area contributed by atoms with Crippen LogP contribution in [0.2, 0.25) is 0 Å². The second-order valence-electron chi connectivity index (χ2n) is 7.04. The van der Waals surface area contributed by atoms with Crippen LogP contribution in [0.3, 0.4) is 0 Å². The zero-order chi connectivity index (χ0) is 14.0. The summed E-state index contributed by atoms with van der Waals surface area (Å²) in [4.78, 5) is 0. The summed E-state index contributed by atoms with van der Waals surface area (Å²) in [7, 11) is 0. The van der Waals surface area contributed by atoms with E-state index in [1.54, 1.807) is 0 Å². The second-order valence-corrected chi connectivity index (χ2v) is 7.04. The monoisotopic (exact) mass is 263 g/mol. The van der Waals surface area contributed by atoms with Crippen LogP contribution in [-0.2, 0) is 0 Å². The lowest BCUT2D eigenvalue weighted by Crippen LogP contribution is -2.44. The van der Waals surface area contributed by atoms with Gasteiger partial charge in [0.25, 0.3) is 0 Å². The van der Waals surface area contributed by atoms with E-state index >= 15 is 0 Å². The maximum absolute atomic E-state index is 4.66. The highest BCUT2D eigenvalue weighted by Gasteiger charge is 2.36. The van der Waals surface area contributed by atoms with Gasteiger partial charge in [-0.1, -0.05) is 27.7 Å². The number of nitrogens with zero attached hydrogens (tertiary/aromatic N) is 2. The number of rotatable bonds is 3. The molecule has 0 amide bonds. The van der Waals surface area contributed by atoms with Crippen molar-refractivity contribution in [3.05, 3.63) is 18.0 Å². The highest BCUT2D eigenvalue weighted by Crippen LogP contribution is 2.42. The number of hydrogen-bond donors (Lipinski definition) is 1. The molecule has 0 aliphatic heterocycles. The van der Waals surface area contributed by atoms with Gasteiger partial charge in [0.1, 0.15) is 0 Å². The maximum Gasteiger partial charge on any atom is 0.0675 e. The predicted molar refractivity (Wildman–Crippen MR) is 80.3 cm³/mol. The molecule has 3 unspecified atom stereocenters. The third-order valence-electron chi connectivity index (χ3n) is 4.59. The van der Waals surface area contributed by atoms with Crippen LogP contribution in [0.1, 0.15) is 58.7 Å². The lowest BCUT2D eigenvalue weighted by Gasteiger charge is -2.42. The van der Waals surface area contributed by atoms with Gasteiger partial charge in [-0.25, -0.2) is 0 Å². The largest absolute Gasteiger partial charge is 0.312 e. The maximum atomic E-state index is 4.66. The van der Waals surface area contributed by atoms with Crippen molar-refractivity contribution >= 4 is 0 Å². The minimum Gasteiger partial charge on any atom is -0.312 e. The van der Waals surface area contributed by atoms with E-state index in [9.17, 15) is 0 Å². The van der Waals surface area contributed by atoms with Crippen molar-refractivity contribution in [3.8, 4) is 0 Å². The molecule has 1 aromatic rings. The quantitative estimate of drug-likeness (QED) is 0.903. The summed E-state index contributed by atoms with van der Waals surface area (Å²) in [5.41, 5.74) is 1.52. The molecule has 1 aromatic heterocycles. The highest BCUT2D eigenvalue weighted by atomic mass is 15.3. The third-order valence-corrected chi connectivity index (χ3v) is 4.59. The van der Waals surface area contributed by atoms with E-state index < -0.39 is 0 Å². The first-order valence-electron chi connectivity index (χ1n) is 7.67. The molecule has 0 aromatic carbocycles. The Kier molecular flexibility index (Phi) is 4.34. The Hall–Kier alpha value is -0.830. The standard InChI is InChI=1S/C16H29N3/c1-6-17-14-8-7-13(16(3,4)5)11-15(14)19-10-9-12(2)18-19/h9-10,13-15,17H,6-8,11H2,1-5H3. The van der Waals surface area contributed by atoms with Gasteiger partial charge in [0.15, 0.2) is 0 Å². The van der Waals surface area contributed by atoms with Crippen molar-refractivity contribution in [1.29, 1.82) is 0 Å². The first-order chi connectivity index (χ1) is 8.91. The second kappa shape index (κ2) is 5.66. The van der Waals surface area contributed by atoms with Crippen LogP contribution in [0.15, 0.2) is 12.3 Å². The van der Waals surface area contributed by atoms with Gasteiger partial charge in [-0.05, 0) is 50.1 Å². The number of aryl methyl sites for hydroxylation is 1. The first kappa shape index (κ1) is 14.6. The van der Waals surface area contributed by atoms with Crippen LogP contribution >= 0.6 is 0 Å². The molecule has 1 fully saturated rings. The topological polar surface area (TPSA) is 29.9 Å². The average molecular weight is 263 g/mol. The lowest BCUT2D eigenvalue weighted by molar-refractivity contribution is 0.112. The van der Waals surface area contributed by atoms with Crippen molar-refractivity contribution in [3.63, 3.8) is 0 Å². The summed E-state index contributed by atoms with van der Waals surface area (Å²) in [5.74, 6) is 0.789. The molecule has 0 radical (unpaired) electrons. The van der Waals surface area contributed by atoms with E-state index in [-0.39, 0.29) is 0 Å². The molecular formula is C16H29N3. The molecule has 1 saturated carbocycles. The fraction of sp³-hybridized carbons (Fsp3) is 0.812. The molecule has 19 heavy (non-hydrogen) atoms. The van der Waals surface area contributed by atoms with Gasteiger partial charge < -0.3 is 5.32 Å². The van der Waals surface area contributed by atoms with Gasteiger partial charge >= 0.3 is 0 Å². The Morgan fingerprint density at radius 3 is 2.63 bits per heavy atom. The van der Waals surface area contributed by atoms with Crippen molar-refractivity contribution in [1.82, 2.24) is 15.1 Å². The summed E-state index contributed by atoms with van der Waals surface area (Å²) >= 11 is 0. The third kappa shape index (κ3) is 3.38. The molecule has 3 atom stereocenters. The van der Waals surface area contributed by atoms with E-state index in [4.69, 9.17) is 0 Å². The van der Waals surface area contributed by atoms with Crippen molar-refractivity contribution < 1.29 is 0 Å². The molecule has 1 aliphatic carbocycles. The van der Waals surface area contributed by atoms with Crippen LogP contribution in [0.4, 0.5) is 0 Å². The predicted octanol–water partition coefficient (Wildman–Crippen LogP) is 3.56. The Labute approximate surface area is 117 Å². The van der Waals surface area contributed by atoms with Gasteiger partial charge in [0, 0.05) is 12.2 Å². The Morgan fingerprint density at radius 1 is 1.37 bits per heavy atom. The van der Waals surface area contributed by atoms with E-state index in [0.717, 1.165) is 18.2 Å². The van der Waals surface area contributed by atoms with E-state index in [0.29, 0.717) is 17.5 Å².